The van der Waals surface area contributed by atoms with Gasteiger partial charge < -0.3 is 18.9 Å². The molecule has 1 aliphatic heterocycles. The van der Waals surface area contributed by atoms with Crippen molar-refractivity contribution in [1.82, 2.24) is 10.1 Å². The molecule has 1 aromatic carbocycles. The van der Waals surface area contributed by atoms with E-state index in [-0.39, 0.29) is 5.91 Å². The van der Waals surface area contributed by atoms with Crippen molar-refractivity contribution in [1.29, 1.82) is 0 Å². The summed E-state index contributed by atoms with van der Waals surface area (Å²) in [5.74, 6) is 2.37. The molecular weight excluding hydrogens is 308 g/mol. The molecule has 128 valence electrons. The lowest BCUT2D eigenvalue weighted by molar-refractivity contribution is 0.0687. The average Bonchev–Trinajstić information content (AvgIpc) is 3.11. The molecule has 0 spiro atoms. The molecule has 1 aliphatic rings. The molecule has 0 unspecified atom stereocenters. The molecule has 1 fully saturated rings. The van der Waals surface area contributed by atoms with Crippen LogP contribution in [0.3, 0.4) is 0 Å². The first kappa shape index (κ1) is 16.4. The van der Waals surface area contributed by atoms with Crippen LogP contribution in [0.2, 0.25) is 0 Å². The highest BCUT2D eigenvalue weighted by molar-refractivity contribution is 5.93. The topological polar surface area (TPSA) is 64.8 Å². The SMILES string of the molecule is COc1ccc(-c2cc(C(=O)N3CCC(C)CC3)no2)cc1OC. The van der Waals surface area contributed by atoms with Crippen LogP contribution < -0.4 is 9.47 Å². The summed E-state index contributed by atoms with van der Waals surface area (Å²) in [6, 6.07) is 7.13. The molecule has 3 rings (SSSR count). The number of methoxy groups -OCH3 is 2. The minimum Gasteiger partial charge on any atom is -0.493 e. The van der Waals surface area contributed by atoms with Gasteiger partial charge in [0.25, 0.3) is 5.91 Å². The zero-order valence-electron chi connectivity index (χ0n) is 14.2. The number of piperidine rings is 1. The van der Waals surface area contributed by atoms with Gasteiger partial charge in [-0.2, -0.15) is 0 Å². The maximum atomic E-state index is 12.5. The fourth-order valence-corrected chi connectivity index (χ4v) is 2.88. The van der Waals surface area contributed by atoms with Gasteiger partial charge >= 0.3 is 0 Å². The third-order valence-electron chi connectivity index (χ3n) is 4.47. The number of carbonyl (C=O) groups excluding carboxylic acids is 1. The van der Waals surface area contributed by atoms with Gasteiger partial charge in [-0.1, -0.05) is 12.1 Å². The fourth-order valence-electron chi connectivity index (χ4n) is 2.88. The van der Waals surface area contributed by atoms with Gasteiger partial charge in [0.05, 0.1) is 14.2 Å². The Labute approximate surface area is 141 Å². The van der Waals surface area contributed by atoms with E-state index in [9.17, 15) is 4.79 Å². The summed E-state index contributed by atoms with van der Waals surface area (Å²) in [5, 5.41) is 3.95. The van der Waals surface area contributed by atoms with E-state index in [2.05, 4.69) is 12.1 Å². The number of nitrogens with zero attached hydrogens (tertiary/aromatic N) is 2. The van der Waals surface area contributed by atoms with Gasteiger partial charge in [-0.15, -0.1) is 0 Å². The van der Waals surface area contributed by atoms with Gasteiger partial charge in [-0.05, 0) is 37.0 Å². The molecule has 1 saturated heterocycles. The molecule has 24 heavy (non-hydrogen) atoms. The normalized spacial score (nSPS) is 15.4. The minimum absolute atomic E-state index is 0.0719. The van der Waals surface area contributed by atoms with Crippen molar-refractivity contribution in [2.45, 2.75) is 19.8 Å². The van der Waals surface area contributed by atoms with E-state index in [0.29, 0.717) is 28.9 Å². The number of ether oxygens (including phenoxy) is 2. The van der Waals surface area contributed by atoms with Crippen LogP contribution in [0.1, 0.15) is 30.3 Å². The van der Waals surface area contributed by atoms with E-state index in [1.54, 1.807) is 32.4 Å². The van der Waals surface area contributed by atoms with Gasteiger partial charge in [0.15, 0.2) is 23.0 Å². The Morgan fingerprint density at radius 1 is 1.17 bits per heavy atom. The number of aromatic nitrogens is 1. The van der Waals surface area contributed by atoms with Crippen LogP contribution >= 0.6 is 0 Å². The van der Waals surface area contributed by atoms with Crippen molar-refractivity contribution in [3.8, 4) is 22.8 Å². The molecule has 0 bridgehead atoms. The van der Waals surface area contributed by atoms with Crippen LogP contribution in [0.25, 0.3) is 11.3 Å². The first-order valence-corrected chi connectivity index (χ1v) is 8.10. The number of hydrogen-bond acceptors (Lipinski definition) is 5. The molecule has 1 amide bonds. The lowest BCUT2D eigenvalue weighted by Crippen LogP contribution is -2.38. The number of hydrogen-bond donors (Lipinski definition) is 0. The summed E-state index contributed by atoms with van der Waals surface area (Å²) in [6.45, 7) is 3.77. The molecule has 6 nitrogen and oxygen atoms in total. The summed E-state index contributed by atoms with van der Waals surface area (Å²) >= 11 is 0. The fraction of sp³-hybridized carbons (Fsp3) is 0.444. The predicted molar refractivity (Wildman–Crippen MR) is 89.3 cm³/mol. The Hall–Kier alpha value is -2.50. The smallest absolute Gasteiger partial charge is 0.276 e. The number of likely N-dealkylation sites (tertiary alicyclic amines) is 1. The van der Waals surface area contributed by atoms with E-state index in [4.69, 9.17) is 14.0 Å². The molecule has 0 radical (unpaired) electrons. The number of amides is 1. The number of benzene rings is 1. The van der Waals surface area contributed by atoms with Crippen molar-refractivity contribution in [3.05, 3.63) is 30.0 Å². The maximum Gasteiger partial charge on any atom is 0.276 e. The van der Waals surface area contributed by atoms with Gasteiger partial charge in [-0.3, -0.25) is 4.79 Å². The molecular formula is C18H22N2O4. The molecule has 0 atom stereocenters. The van der Waals surface area contributed by atoms with Crippen LogP contribution in [0.5, 0.6) is 11.5 Å². The summed E-state index contributed by atoms with van der Waals surface area (Å²) in [7, 11) is 3.16. The molecule has 6 heteroatoms. The van der Waals surface area contributed by atoms with Gasteiger partial charge in [0.1, 0.15) is 0 Å². The van der Waals surface area contributed by atoms with E-state index in [1.807, 2.05) is 11.0 Å². The largest absolute Gasteiger partial charge is 0.493 e. The monoisotopic (exact) mass is 330 g/mol. The Morgan fingerprint density at radius 2 is 1.88 bits per heavy atom. The third-order valence-corrected chi connectivity index (χ3v) is 4.47. The summed E-state index contributed by atoms with van der Waals surface area (Å²) < 4.78 is 15.9. The van der Waals surface area contributed by atoms with Gasteiger partial charge in [0, 0.05) is 24.7 Å². The number of carbonyl (C=O) groups is 1. The van der Waals surface area contributed by atoms with Crippen LogP contribution in [0.4, 0.5) is 0 Å². The highest BCUT2D eigenvalue weighted by Gasteiger charge is 2.24. The summed E-state index contributed by atoms with van der Waals surface area (Å²) in [5.41, 5.74) is 1.13. The third kappa shape index (κ3) is 3.22. The lowest BCUT2D eigenvalue weighted by atomic mass is 9.99. The average molecular weight is 330 g/mol. The first-order valence-electron chi connectivity index (χ1n) is 8.10. The maximum absolute atomic E-state index is 12.5. The Balaban J connectivity index is 1.79. The van der Waals surface area contributed by atoms with Crippen LogP contribution in [-0.2, 0) is 0 Å². The van der Waals surface area contributed by atoms with Crippen molar-refractivity contribution in [2.75, 3.05) is 27.3 Å². The molecule has 0 aliphatic carbocycles. The Kier molecular flexibility index (Phi) is 4.74. The first-order chi connectivity index (χ1) is 11.6. The second-order valence-electron chi connectivity index (χ2n) is 6.12. The summed E-state index contributed by atoms with van der Waals surface area (Å²) in [4.78, 5) is 14.4. The van der Waals surface area contributed by atoms with Gasteiger partial charge in [-0.25, -0.2) is 0 Å². The zero-order chi connectivity index (χ0) is 17.1. The van der Waals surface area contributed by atoms with E-state index < -0.39 is 0 Å². The van der Waals surface area contributed by atoms with Crippen LogP contribution in [-0.4, -0.2) is 43.3 Å². The highest BCUT2D eigenvalue weighted by Crippen LogP contribution is 2.32. The van der Waals surface area contributed by atoms with Crippen molar-refractivity contribution in [3.63, 3.8) is 0 Å². The van der Waals surface area contributed by atoms with Crippen LogP contribution in [0, 0.1) is 5.92 Å². The van der Waals surface area contributed by atoms with Crippen molar-refractivity contribution in [2.24, 2.45) is 5.92 Å². The van der Waals surface area contributed by atoms with E-state index in [1.165, 1.54) is 0 Å². The lowest BCUT2D eigenvalue weighted by Gasteiger charge is -2.29. The Morgan fingerprint density at radius 3 is 2.54 bits per heavy atom. The molecule has 1 aromatic heterocycles. The van der Waals surface area contributed by atoms with Crippen LogP contribution in [0.15, 0.2) is 28.8 Å². The standard InChI is InChI=1S/C18H22N2O4/c1-12-6-8-20(9-7-12)18(21)14-11-16(24-19-14)13-4-5-15(22-2)17(10-13)23-3/h4-5,10-12H,6-9H2,1-3H3. The second-order valence-corrected chi connectivity index (χ2v) is 6.12. The highest BCUT2D eigenvalue weighted by atomic mass is 16.5. The minimum atomic E-state index is -0.0719. The molecule has 0 saturated carbocycles. The Bertz CT molecular complexity index is 718. The van der Waals surface area contributed by atoms with Gasteiger partial charge in [0.2, 0.25) is 0 Å². The summed E-state index contributed by atoms with van der Waals surface area (Å²) in [6.07, 6.45) is 2.07. The molecule has 0 N–H and O–H groups in total. The van der Waals surface area contributed by atoms with E-state index >= 15 is 0 Å². The van der Waals surface area contributed by atoms with Crippen molar-refractivity contribution >= 4 is 5.91 Å². The predicted octanol–water partition coefficient (Wildman–Crippen LogP) is 3.23. The quantitative estimate of drug-likeness (QED) is 0.861. The molecule has 2 aromatic rings. The van der Waals surface area contributed by atoms with Crippen molar-refractivity contribution < 1.29 is 18.8 Å². The second kappa shape index (κ2) is 6.95. The number of rotatable bonds is 4. The van der Waals surface area contributed by atoms with E-state index in [0.717, 1.165) is 31.5 Å². The zero-order valence-corrected chi connectivity index (χ0v) is 14.2. The molecule has 2 heterocycles.